The Hall–Kier alpha value is -1.04. The van der Waals surface area contributed by atoms with Gasteiger partial charge >= 0.3 is 0 Å². The molecule has 0 radical (unpaired) electrons. The summed E-state index contributed by atoms with van der Waals surface area (Å²) >= 11 is 3.22. The van der Waals surface area contributed by atoms with Gasteiger partial charge in [-0.2, -0.15) is 5.10 Å². The molecule has 6 heteroatoms. The molecular formula is C8H13BrN4O. The summed E-state index contributed by atoms with van der Waals surface area (Å²) in [6.07, 6.45) is 1.68. The van der Waals surface area contributed by atoms with E-state index in [-0.39, 0.29) is 18.5 Å². The number of anilines is 1. The summed E-state index contributed by atoms with van der Waals surface area (Å²) in [7, 11) is 0. The lowest BCUT2D eigenvalue weighted by molar-refractivity contribution is -0.122. The molecule has 0 unspecified atom stereocenters. The third-order valence-electron chi connectivity index (χ3n) is 1.50. The Morgan fingerprint density at radius 3 is 2.86 bits per heavy atom. The van der Waals surface area contributed by atoms with E-state index in [1.54, 1.807) is 6.20 Å². The van der Waals surface area contributed by atoms with Crippen LogP contribution < -0.4 is 11.1 Å². The molecule has 1 rings (SSSR count). The molecule has 0 aliphatic carbocycles. The molecule has 1 aromatic rings. The van der Waals surface area contributed by atoms with Crippen LogP contribution >= 0.6 is 15.9 Å². The molecule has 5 nitrogen and oxygen atoms in total. The van der Waals surface area contributed by atoms with E-state index in [4.69, 9.17) is 5.73 Å². The van der Waals surface area contributed by atoms with Crippen LogP contribution in [0.4, 0.5) is 5.82 Å². The molecule has 0 saturated heterocycles. The molecule has 78 valence electrons. The smallest absolute Gasteiger partial charge is 0.241 e. The maximum atomic E-state index is 11.3. The highest BCUT2D eigenvalue weighted by Gasteiger charge is 2.07. The fraction of sp³-hybridized carbons (Fsp3) is 0.500. The number of carbonyl (C=O) groups excluding carboxylic acids is 1. The fourth-order valence-electron chi connectivity index (χ4n) is 1.01. The standard InChI is InChI=1S/C8H13BrN4O/c1-5(2)11-7(14)4-13-3-6(9)8(10)12-13/h3,5H,4H2,1-2H3,(H2,10,12)(H,11,14). The Kier molecular flexibility index (Phi) is 3.51. The van der Waals surface area contributed by atoms with Crippen molar-refractivity contribution in [2.75, 3.05) is 5.73 Å². The van der Waals surface area contributed by atoms with Gasteiger partial charge in [0.1, 0.15) is 6.54 Å². The molecule has 0 aliphatic heterocycles. The number of nitrogens with one attached hydrogen (secondary N) is 1. The first-order valence-corrected chi connectivity index (χ1v) is 5.06. The van der Waals surface area contributed by atoms with E-state index in [9.17, 15) is 4.79 Å². The van der Waals surface area contributed by atoms with E-state index in [0.29, 0.717) is 10.3 Å². The molecule has 0 atom stereocenters. The van der Waals surface area contributed by atoms with Crippen LogP contribution in [0.3, 0.4) is 0 Å². The molecule has 14 heavy (non-hydrogen) atoms. The lowest BCUT2D eigenvalue weighted by Gasteiger charge is -2.07. The topological polar surface area (TPSA) is 72.9 Å². The minimum absolute atomic E-state index is 0.0741. The molecule has 0 aromatic carbocycles. The molecule has 1 heterocycles. The first-order chi connectivity index (χ1) is 6.49. The second-order valence-electron chi connectivity index (χ2n) is 3.28. The molecule has 0 spiro atoms. The monoisotopic (exact) mass is 260 g/mol. The van der Waals surface area contributed by atoms with Crippen molar-refractivity contribution in [3.63, 3.8) is 0 Å². The van der Waals surface area contributed by atoms with Gasteiger partial charge in [0.25, 0.3) is 0 Å². The molecule has 1 amide bonds. The van der Waals surface area contributed by atoms with E-state index in [0.717, 1.165) is 0 Å². The van der Waals surface area contributed by atoms with Gasteiger partial charge in [0, 0.05) is 12.2 Å². The molecule has 1 aromatic heterocycles. The summed E-state index contributed by atoms with van der Waals surface area (Å²) in [5.74, 6) is 0.317. The van der Waals surface area contributed by atoms with Crippen molar-refractivity contribution in [2.45, 2.75) is 26.4 Å². The van der Waals surface area contributed by atoms with Crippen molar-refractivity contribution in [2.24, 2.45) is 0 Å². The second kappa shape index (κ2) is 4.45. The Bertz CT molecular complexity index is 315. The Morgan fingerprint density at radius 1 is 1.79 bits per heavy atom. The maximum absolute atomic E-state index is 11.3. The number of halogens is 1. The zero-order chi connectivity index (χ0) is 10.7. The average molecular weight is 261 g/mol. The van der Waals surface area contributed by atoms with Gasteiger partial charge < -0.3 is 11.1 Å². The summed E-state index contributed by atoms with van der Waals surface area (Å²) in [4.78, 5) is 11.3. The molecule has 0 fully saturated rings. The van der Waals surface area contributed by atoms with Gasteiger partial charge in [-0.05, 0) is 29.8 Å². The van der Waals surface area contributed by atoms with Crippen molar-refractivity contribution in [1.82, 2.24) is 15.1 Å². The van der Waals surface area contributed by atoms with Crippen molar-refractivity contribution in [1.29, 1.82) is 0 Å². The zero-order valence-electron chi connectivity index (χ0n) is 8.12. The van der Waals surface area contributed by atoms with Crippen LogP contribution in [0.1, 0.15) is 13.8 Å². The predicted octanol–water partition coefficient (Wildman–Crippen LogP) is 0.752. The lowest BCUT2D eigenvalue weighted by atomic mass is 10.4. The highest BCUT2D eigenvalue weighted by molar-refractivity contribution is 9.10. The van der Waals surface area contributed by atoms with Gasteiger partial charge in [-0.3, -0.25) is 9.48 Å². The van der Waals surface area contributed by atoms with Crippen LogP contribution in [0.15, 0.2) is 10.7 Å². The normalized spacial score (nSPS) is 10.6. The number of hydrogen-bond donors (Lipinski definition) is 2. The first kappa shape index (κ1) is 11.0. The number of hydrogen-bond acceptors (Lipinski definition) is 3. The van der Waals surface area contributed by atoms with Gasteiger partial charge in [0.05, 0.1) is 4.47 Å². The summed E-state index contributed by atoms with van der Waals surface area (Å²) in [6, 6.07) is 0.138. The number of aromatic nitrogens is 2. The summed E-state index contributed by atoms with van der Waals surface area (Å²) in [5, 5.41) is 6.71. The number of nitrogens with zero attached hydrogens (tertiary/aromatic N) is 2. The second-order valence-corrected chi connectivity index (χ2v) is 4.14. The van der Waals surface area contributed by atoms with Crippen molar-refractivity contribution >= 4 is 27.7 Å². The van der Waals surface area contributed by atoms with E-state index in [2.05, 4.69) is 26.3 Å². The van der Waals surface area contributed by atoms with Gasteiger partial charge in [-0.1, -0.05) is 0 Å². The van der Waals surface area contributed by atoms with Crippen LogP contribution in [0.2, 0.25) is 0 Å². The quantitative estimate of drug-likeness (QED) is 0.843. The summed E-state index contributed by atoms with van der Waals surface area (Å²) in [6.45, 7) is 4.00. The van der Waals surface area contributed by atoms with Gasteiger partial charge in [-0.25, -0.2) is 0 Å². The van der Waals surface area contributed by atoms with Crippen LogP contribution in [-0.2, 0) is 11.3 Å². The summed E-state index contributed by atoms with van der Waals surface area (Å²) in [5.41, 5.74) is 5.51. The minimum Gasteiger partial charge on any atom is -0.381 e. The predicted molar refractivity (Wildman–Crippen MR) is 57.6 cm³/mol. The van der Waals surface area contributed by atoms with Gasteiger partial charge in [0.15, 0.2) is 5.82 Å². The molecule has 0 aliphatic rings. The molecule has 0 bridgehead atoms. The fourth-order valence-corrected chi connectivity index (χ4v) is 1.32. The number of carbonyl (C=O) groups is 1. The van der Waals surface area contributed by atoms with Crippen LogP contribution in [0, 0.1) is 0 Å². The third kappa shape index (κ3) is 3.02. The Morgan fingerprint density at radius 2 is 2.43 bits per heavy atom. The maximum Gasteiger partial charge on any atom is 0.241 e. The van der Waals surface area contributed by atoms with Crippen molar-refractivity contribution in [3.05, 3.63) is 10.7 Å². The van der Waals surface area contributed by atoms with Gasteiger partial charge in [-0.15, -0.1) is 0 Å². The van der Waals surface area contributed by atoms with Crippen LogP contribution in [-0.4, -0.2) is 21.7 Å². The number of amides is 1. The van der Waals surface area contributed by atoms with E-state index < -0.39 is 0 Å². The van der Waals surface area contributed by atoms with E-state index in [1.807, 2.05) is 13.8 Å². The van der Waals surface area contributed by atoms with Crippen LogP contribution in [0.25, 0.3) is 0 Å². The Balaban J connectivity index is 2.56. The van der Waals surface area contributed by atoms with E-state index in [1.165, 1.54) is 4.68 Å². The molecule has 3 N–H and O–H groups in total. The minimum atomic E-state index is -0.0741. The van der Waals surface area contributed by atoms with Crippen LogP contribution in [0.5, 0.6) is 0 Å². The largest absolute Gasteiger partial charge is 0.381 e. The number of rotatable bonds is 3. The van der Waals surface area contributed by atoms with Crippen molar-refractivity contribution in [3.8, 4) is 0 Å². The van der Waals surface area contributed by atoms with Gasteiger partial charge in [0.2, 0.25) is 5.91 Å². The average Bonchev–Trinajstić information content (AvgIpc) is 2.28. The highest BCUT2D eigenvalue weighted by atomic mass is 79.9. The first-order valence-electron chi connectivity index (χ1n) is 4.27. The third-order valence-corrected chi connectivity index (χ3v) is 2.11. The lowest BCUT2D eigenvalue weighted by Crippen LogP contribution is -2.33. The summed E-state index contributed by atoms with van der Waals surface area (Å²) < 4.78 is 2.20. The zero-order valence-corrected chi connectivity index (χ0v) is 9.71. The SMILES string of the molecule is CC(C)NC(=O)Cn1cc(Br)c(N)n1. The highest BCUT2D eigenvalue weighted by Crippen LogP contribution is 2.15. The number of nitrogens with two attached hydrogens (primary N) is 1. The molecule has 0 saturated carbocycles. The number of nitrogen functional groups attached to an aromatic ring is 1. The van der Waals surface area contributed by atoms with E-state index >= 15 is 0 Å². The molecular weight excluding hydrogens is 248 g/mol. The Labute approximate surface area is 90.8 Å². The van der Waals surface area contributed by atoms with Crippen molar-refractivity contribution < 1.29 is 4.79 Å².